The van der Waals surface area contributed by atoms with Crippen molar-refractivity contribution in [2.24, 2.45) is 5.41 Å². The number of allylic oxidation sites excluding steroid dienone is 1. The lowest BCUT2D eigenvalue weighted by Crippen LogP contribution is -2.48. The van der Waals surface area contributed by atoms with Crippen molar-refractivity contribution in [1.82, 2.24) is 0 Å². The number of hydrogen-bond donors (Lipinski definition) is 3. The van der Waals surface area contributed by atoms with Gasteiger partial charge < -0.3 is 16.0 Å². The molecule has 2 aliphatic heterocycles. The minimum atomic E-state index is -1.25. The standard InChI is InChI=1S/C22H20BrN3O2/c1-21(2)10-17-19(18(27)11-21)22(26-16-6-4-3-5-15(16)24-17)13-9-12(23)7-8-14(13)25-20(22)28/h3-9,24,26H,10-11H2,1-2H3,(H,25,28). The maximum atomic E-state index is 13.4. The van der Waals surface area contributed by atoms with Crippen LogP contribution in [0.4, 0.5) is 17.1 Å². The molecule has 0 bridgehead atoms. The zero-order valence-corrected chi connectivity index (χ0v) is 17.2. The lowest BCUT2D eigenvalue weighted by atomic mass is 9.69. The van der Waals surface area contributed by atoms with Crippen LogP contribution in [-0.4, -0.2) is 11.7 Å². The third kappa shape index (κ3) is 2.37. The highest BCUT2D eigenvalue weighted by Crippen LogP contribution is 2.52. The maximum Gasteiger partial charge on any atom is 0.259 e. The highest BCUT2D eigenvalue weighted by Gasteiger charge is 2.56. The van der Waals surface area contributed by atoms with E-state index in [0.717, 1.165) is 32.8 Å². The smallest absolute Gasteiger partial charge is 0.259 e. The van der Waals surface area contributed by atoms with Crippen molar-refractivity contribution in [3.05, 3.63) is 63.8 Å². The summed E-state index contributed by atoms with van der Waals surface area (Å²) in [6.07, 6.45) is 1.10. The van der Waals surface area contributed by atoms with E-state index in [1.807, 2.05) is 42.5 Å². The first kappa shape index (κ1) is 17.5. The number of hydrogen-bond acceptors (Lipinski definition) is 4. The van der Waals surface area contributed by atoms with Gasteiger partial charge in [0.15, 0.2) is 11.3 Å². The molecule has 5 nitrogen and oxygen atoms in total. The van der Waals surface area contributed by atoms with Crippen LogP contribution in [-0.2, 0) is 15.1 Å². The molecule has 1 unspecified atom stereocenters. The molecule has 1 spiro atoms. The minimum absolute atomic E-state index is 0.00188. The molecule has 2 aromatic rings. The number of anilines is 3. The molecule has 3 N–H and O–H groups in total. The Kier molecular flexibility index (Phi) is 3.56. The van der Waals surface area contributed by atoms with Gasteiger partial charge in [0.05, 0.1) is 16.9 Å². The molecule has 3 aliphatic rings. The van der Waals surface area contributed by atoms with Crippen LogP contribution in [0.1, 0.15) is 32.3 Å². The summed E-state index contributed by atoms with van der Waals surface area (Å²) in [7, 11) is 0. The zero-order chi connectivity index (χ0) is 19.7. The van der Waals surface area contributed by atoms with Gasteiger partial charge in [-0.3, -0.25) is 9.59 Å². The van der Waals surface area contributed by atoms with Crippen molar-refractivity contribution in [2.75, 3.05) is 16.0 Å². The number of carbonyl (C=O) groups is 2. The highest BCUT2D eigenvalue weighted by atomic mass is 79.9. The number of para-hydroxylation sites is 2. The van der Waals surface area contributed by atoms with Crippen LogP contribution in [0.25, 0.3) is 0 Å². The van der Waals surface area contributed by atoms with Crippen molar-refractivity contribution in [3.63, 3.8) is 0 Å². The van der Waals surface area contributed by atoms with Crippen molar-refractivity contribution in [3.8, 4) is 0 Å². The quantitative estimate of drug-likeness (QED) is 0.554. The van der Waals surface area contributed by atoms with Gasteiger partial charge >= 0.3 is 0 Å². The normalized spacial score (nSPS) is 24.5. The number of Topliss-reactive ketones (excluding diaryl/α,β-unsaturated/α-hetero) is 1. The van der Waals surface area contributed by atoms with E-state index in [1.54, 1.807) is 0 Å². The molecule has 1 aliphatic carbocycles. The Morgan fingerprint density at radius 1 is 0.929 bits per heavy atom. The molecule has 6 heteroatoms. The molecule has 28 heavy (non-hydrogen) atoms. The molecule has 0 saturated carbocycles. The molecule has 142 valence electrons. The number of amides is 1. The molecule has 0 fully saturated rings. The van der Waals surface area contributed by atoms with E-state index < -0.39 is 5.54 Å². The van der Waals surface area contributed by atoms with Gasteiger partial charge in [0.25, 0.3) is 5.91 Å². The first-order valence-electron chi connectivity index (χ1n) is 9.33. The molecule has 0 saturated heterocycles. The number of ketones is 1. The molecule has 1 atom stereocenters. The summed E-state index contributed by atoms with van der Waals surface area (Å²) in [5.74, 6) is -0.221. The highest BCUT2D eigenvalue weighted by molar-refractivity contribution is 9.10. The second-order valence-corrected chi connectivity index (χ2v) is 9.40. The average molecular weight is 438 g/mol. The van der Waals surface area contributed by atoms with Crippen molar-refractivity contribution >= 4 is 44.7 Å². The van der Waals surface area contributed by atoms with Crippen LogP contribution < -0.4 is 16.0 Å². The Balaban J connectivity index is 1.85. The van der Waals surface area contributed by atoms with Gasteiger partial charge in [-0.1, -0.05) is 41.9 Å². The monoisotopic (exact) mass is 437 g/mol. The Bertz CT molecular complexity index is 1090. The molecule has 2 aromatic carbocycles. The number of carbonyl (C=O) groups excluding carboxylic acids is 2. The van der Waals surface area contributed by atoms with E-state index in [9.17, 15) is 9.59 Å². The number of nitrogens with one attached hydrogen (secondary N) is 3. The Morgan fingerprint density at radius 2 is 1.68 bits per heavy atom. The van der Waals surface area contributed by atoms with E-state index in [2.05, 4.69) is 45.7 Å². The number of rotatable bonds is 0. The summed E-state index contributed by atoms with van der Waals surface area (Å²) in [4.78, 5) is 26.9. The maximum absolute atomic E-state index is 13.4. The predicted octanol–water partition coefficient (Wildman–Crippen LogP) is 4.78. The molecule has 2 heterocycles. The van der Waals surface area contributed by atoms with Crippen LogP contribution >= 0.6 is 15.9 Å². The largest absolute Gasteiger partial charge is 0.362 e. The van der Waals surface area contributed by atoms with Crippen LogP contribution in [0.2, 0.25) is 0 Å². The zero-order valence-electron chi connectivity index (χ0n) is 15.7. The topological polar surface area (TPSA) is 70.2 Å². The van der Waals surface area contributed by atoms with E-state index >= 15 is 0 Å². The van der Waals surface area contributed by atoms with E-state index in [-0.39, 0.29) is 17.1 Å². The Labute approximate surface area is 171 Å². The Morgan fingerprint density at radius 3 is 2.46 bits per heavy atom. The fraction of sp³-hybridized carbons (Fsp3) is 0.273. The molecular weight excluding hydrogens is 418 g/mol. The molecule has 1 amide bonds. The SMILES string of the molecule is CC1(C)CC(=O)C2=C(C1)Nc1ccccc1NC21C(=O)Nc2ccc(Br)cc21. The molecule has 0 aromatic heterocycles. The second kappa shape index (κ2) is 5.70. The Hall–Kier alpha value is -2.60. The summed E-state index contributed by atoms with van der Waals surface area (Å²) in [6.45, 7) is 4.18. The van der Waals surface area contributed by atoms with Gasteiger partial charge in [-0.05, 0) is 42.2 Å². The van der Waals surface area contributed by atoms with Gasteiger partial charge in [0.1, 0.15) is 0 Å². The number of halogens is 1. The minimum Gasteiger partial charge on any atom is -0.362 e. The summed E-state index contributed by atoms with van der Waals surface area (Å²) >= 11 is 3.52. The second-order valence-electron chi connectivity index (χ2n) is 8.48. The molecular formula is C22H20BrN3O2. The summed E-state index contributed by atoms with van der Waals surface area (Å²) in [5.41, 5.74) is 3.09. The van der Waals surface area contributed by atoms with Crippen LogP contribution in [0.15, 0.2) is 58.2 Å². The first-order valence-corrected chi connectivity index (χ1v) is 10.1. The van der Waals surface area contributed by atoms with Crippen LogP contribution in [0.3, 0.4) is 0 Å². The van der Waals surface area contributed by atoms with E-state index in [4.69, 9.17) is 0 Å². The summed E-state index contributed by atoms with van der Waals surface area (Å²) < 4.78 is 0.861. The van der Waals surface area contributed by atoms with Gasteiger partial charge in [0, 0.05) is 27.8 Å². The van der Waals surface area contributed by atoms with Crippen LogP contribution in [0, 0.1) is 5.41 Å². The van der Waals surface area contributed by atoms with Gasteiger partial charge in [-0.2, -0.15) is 0 Å². The third-order valence-corrected chi connectivity index (χ3v) is 6.25. The van der Waals surface area contributed by atoms with Gasteiger partial charge in [-0.15, -0.1) is 0 Å². The predicted molar refractivity (Wildman–Crippen MR) is 113 cm³/mol. The van der Waals surface area contributed by atoms with E-state index in [0.29, 0.717) is 18.4 Å². The lowest BCUT2D eigenvalue weighted by molar-refractivity contribution is -0.123. The average Bonchev–Trinajstić information content (AvgIpc) is 2.79. The van der Waals surface area contributed by atoms with Crippen molar-refractivity contribution < 1.29 is 9.59 Å². The third-order valence-electron chi connectivity index (χ3n) is 5.76. The van der Waals surface area contributed by atoms with Gasteiger partial charge in [0.2, 0.25) is 0 Å². The van der Waals surface area contributed by atoms with Gasteiger partial charge in [-0.25, -0.2) is 0 Å². The number of benzene rings is 2. The molecule has 5 rings (SSSR count). The summed E-state index contributed by atoms with van der Waals surface area (Å²) in [6, 6.07) is 13.4. The fourth-order valence-electron chi connectivity index (χ4n) is 4.64. The van der Waals surface area contributed by atoms with Crippen molar-refractivity contribution in [1.29, 1.82) is 0 Å². The molecule has 0 radical (unpaired) electrons. The lowest BCUT2D eigenvalue weighted by Gasteiger charge is -2.38. The summed E-state index contributed by atoms with van der Waals surface area (Å²) in [5, 5.41) is 9.90. The first-order chi connectivity index (χ1) is 13.3. The van der Waals surface area contributed by atoms with Crippen molar-refractivity contribution in [2.45, 2.75) is 32.2 Å². The number of fused-ring (bicyclic) bond motifs is 4. The fourth-order valence-corrected chi connectivity index (χ4v) is 5.00. The van der Waals surface area contributed by atoms with E-state index in [1.165, 1.54) is 0 Å². The van der Waals surface area contributed by atoms with Crippen LogP contribution in [0.5, 0.6) is 0 Å².